The van der Waals surface area contributed by atoms with Crippen LogP contribution in [0.5, 0.6) is 0 Å². The molecule has 0 unspecified atom stereocenters. The summed E-state index contributed by atoms with van der Waals surface area (Å²) in [5, 5.41) is 13.9. The molecule has 0 atom stereocenters. The van der Waals surface area contributed by atoms with Gasteiger partial charge in [0.25, 0.3) is 0 Å². The number of carbonyl (C=O) groups is 1. The Kier molecular flexibility index (Phi) is 3.39. The molecule has 1 heterocycles. The standard InChI is InChI=1S/C13H13ClN2O2/c1-8(2)16-12(5-6-15-16)11-7-9(14)3-4-10(11)13(17)18/h3-8H,1-2H3,(H,17,18). The van der Waals surface area contributed by atoms with Crippen LogP contribution in [0.3, 0.4) is 0 Å². The normalized spacial score (nSPS) is 10.9. The van der Waals surface area contributed by atoms with Crippen LogP contribution in [0.15, 0.2) is 30.5 Å². The number of carboxylic acids is 1. The van der Waals surface area contributed by atoms with Gasteiger partial charge in [-0.05, 0) is 38.1 Å². The Morgan fingerprint density at radius 3 is 2.72 bits per heavy atom. The summed E-state index contributed by atoms with van der Waals surface area (Å²) in [6.07, 6.45) is 1.65. The van der Waals surface area contributed by atoms with E-state index < -0.39 is 5.97 Å². The van der Waals surface area contributed by atoms with E-state index in [9.17, 15) is 9.90 Å². The summed E-state index contributed by atoms with van der Waals surface area (Å²) in [5.41, 5.74) is 1.56. The topological polar surface area (TPSA) is 55.1 Å². The van der Waals surface area contributed by atoms with Crippen LogP contribution < -0.4 is 0 Å². The van der Waals surface area contributed by atoms with Crippen molar-refractivity contribution < 1.29 is 9.90 Å². The second-order valence-corrected chi connectivity index (χ2v) is 4.69. The lowest BCUT2D eigenvalue weighted by Crippen LogP contribution is -2.07. The van der Waals surface area contributed by atoms with Gasteiger partial charge in [0.1, 0.15) is 0 Å². The quantitative estimate of drug-likeness (QED) is 0.923. The van der Waals surface area contributed by atoms with Crippen LogP contribution in [-0.4, -0.2) is 20.9 Å². The number of rotatable bonds is 3. The van der Waals surface area contributed by atoms with Crippen molar-refractivity contribution in [2.75, 3.05) is 0 Å². The number of nitrogens with zero attached hydrogens (tertiary/aromatic N) is 2. The van der Waals surface area contributed by atoms with Crippen LogP contribution in [0.1, 0.15) is 30.2 Å². The van der Waals surface area contributed by atoms with Gasteiger partial charge in [-0.15, -0.1) is 0 Å². The first kappa shape index (κ1) is 12.6. The van der Waals surface area contributed by atoms with E-state index in [4.69, 9.17) is 11.6 Å². The highest BCUT2D eigenvalue weighted by molar-refractivity contribution is 6.31. The van der Waals surface area contributed by atoms with Crippen molar-refractivity contribution in [3.63, 3.8) is 0 Å². The minimum absolute atomic E-state index is 0.149. The van der Waals surface area contributed by atoms with E-state index in [2.05, 4.69) is 5.10 Å². The summed E-state index contributed by atoms with van der Waals surface area (Å²) in [6.45, 7) is 3.98. The van der Waals surface area contributed by atoms with E-state index in [1.807, 2.05) is 13.8 Å². The highest BCUT2D eigenvalue weighted by Crippen LogP contribution is 2.28. The monoisotopic (exact) mass is 264 g/mol. The van der Waals surface area contributed by atoms with E-state index in [0.717, 1.165) is 5.69 Å². The molecule has 2 aromatic rings. The molecule has 0 aliphatic carbocycles. The number of hydrogen-bond acceptors (Lipinski definition) is 2. The van der Waals surface area contributed by atoms with Crippen LogP contribution in [-0.2, 0) is 0 Å². The molecule has 18 heavy (non-hydrogen) atoms. The molecular formula is C13H13ClN2O2. The lowest BCUT2D eigenvalue weighted by molar-refractivity contribution is 0.0697. The zero-order valence-electron chi connectivity index (χ0n) is 10.1. The molecule has 0 aliphatic heterocycles. The fraction of sp³-hybridized carbons (Fsp3) is 0.231. The molecule has 1 aromatic carbocycles. The predicted octanol–water partition coefficient (Wildman–Crippen LogP) is 3.48. The number of hydrogen-bond donors (Lipinski definition) is 1. The van der Waals surface area contributed by atoms with Crippen LogP contribution >= 0.6 is 11.6 Å². The first-order valence-corrected chi connectivity index (χ1v) is 5.95. The zero-order chi connectivity index (χ0) is 13.3. The molecule has 94 valence electrons. The molecule has 1 N–H and O–H groups in total. The third-order valence-electron chi connectivity index (χ3n) is 2.65. The largest absolute Gasteiger partial charge is 0.478 e. The van der Waals surface area contributed by atoms with Gasteiger partial charge in [0.2, 0.25) is 0 Å². The van der Waals surface area contributed by atoms with Crippen molar-refractivity contribution in [1.82, 2.24) is 9.78 Å². The number of aromatic nitrogens is 2. The first-order chi connectivity index (χ1) is 8.50. The Balaban J connectivity index is 2.66. The molecule has 0 aliphatic rings. The van der Waals surface area contributed by atoms with Crippen molar-refractivity contribution in [1.29, 1.82) is 0 Å². The Bertz CT molecular complexity index is 590. The van der Waals surface area contributed by atoms with Crippen LogP contribution in [0.4, 0.5) is 0 Å². The van der Waals surface area contributed by atoms with Crippen molar-refractivity contribution >= 4 is 17.6 Å². The van der Waals surface area contributed by atoms with Gasteiger partial charge in [0, 0.05) is 22.8 Å². The highest BCUT2D eigenvalue weighted by atomic mass is 35.5. The van der Waals surface area contributed by atoms with Crippen molar-refractivity contribution in [2.24, 2.45) is 0 Å². The second kappa shape index (κ2) is 4.82. The summed E-state index contributed by atoms with van der Waals surface area (Å²) in [4.78, 5) is 11.2. The Hall–Kier alpha value is -1.81. The number of aromatic carboxylic acids is 1. The van der Waals surface area contributed by atoms with Gasteiger partial charge in [0.05, 0.1) is 11.3 Å². The molecule has 0 amide bonds. The second-order valence-electron chi connectivity index (χ2n) is 4.25. The summed E-state index contributed by atoms with van der Waals surface area (Å²) in [7, 11) is 0. The predicted molar refractivity (Wildman–Crippen MR) is 70.0 cm³/mol. The average Bonchev–Trinajstić information content (AvgIpc) is 2.77. The van der Waals surface area contributed by atoms with Crippen molar-refractivity contribution in [3.8, 4) is 11.3 Å². The Labute approximate surface area is 110 Å². The molecule has 4 nitrogen and oxygen atoms in total. The van der Waals surface area contributed by atoms with E-state index in [0.29, 0.717) is 10.6 Å². The molecule has 0 saturated heterocycles. The van der Waals surface area contributed by atoms with Gasteiger partial charge >= 0.3 is 5.97 Å². The highest BCUT2D eigenvalue weighted by Gasteiger charge is 2.16. The Morgan fingerprint density at radius 2 is 2.11 bits per heavy atom. The lowest BCUT2D eigenvalue weighted by Gasteiger charge is -2.13. The maximum absolute atomic E-state index is 11.2. The molecule has 1 aromatic heterocycles. The lowest BCUT2D eigenvalue weighted by atomic mass is 10.0. The third kappa shape index (κ3) is 2.24. The number of benzene rings is 1. The van der Waals surface area contributed by atoms with Gasteiger partial charge in [-0.3, -0.25) is 4.68 Å². The molecular weight excluding hydrogens is 252 g/mol. The van der Waals surface area contributed by atoms with Crippen LogP contribution in [0.25, 0.3) is 11.3 Å². The van der Waals surface area contributed by atoms with Gasteiger partial charge in [-0.2, -0.15) is 5.10 Å². The number of carboxylic acid groups (broad SMARTS) is 1. The summed E-state index contributed by atoms with van der Waals surface area (Å²) in [5.74, 6) is -0.974. The van der Waals surface area contributed by atoms with Crippen LogP contribution in [0.2, 0.25) is 5.02 Å². The minimum atomic E-state index is -0.974. The maximum atomic E-state index is 11.2. The summed E-state index contributed by atoms with van der Waals surface area (Å²) >= 11 is 5.95. The summed E-state index contributed by atoms with van der Waals surface area (Å²) < 4.78 is 1.78. The summed E-state index contributed by atoms with van der Waals surface area (Å²) in [6, 6.07) is 6.68. The molecule has 5 heteroatoms. The van der Waals surface area contributed by atoms with Crippen molar-refractivity contribution in [2.45, 2.75) is 19.9 Å². The minimum Gasteiger partial charge on any atom is -0.478 e. The zero-order valence-corrected chi connectivity index (χ0v) is 10.8. The van der Waals surface area contributed by atoms with Gasteiger partial charge in [-0.1, -0.05) is 11.6 Å². The Morgan fingerprint density at radius 1 is 1.39 bits per heavy atom. The molecule has 2 rings (SSSR count). The molecule has 0 saturated carbocycles. The average molecular weight is 265 g/mol. The van der Waals surface area contributed by atoms with E-state index in [1.165, 1.54) is 6.07 Å². The van der Waals surface area contributed by atoms with E-state index in [1.54, 1.807) is 29.1 Å². The van der Waals surface area contributed by atoms with E-state index in [-0.39, 0.29) is 11.6 Å². The maximum Gasteiger partial charge on any atom is 0.336 e. The molecule has 0 spiro atoms. The number of halogens is 1. The van der Waals surface area contributed by atoms with Gasteiger partial charge in [-0.25, -0.2) is 4.79 Å². The van der Waals surface area contributed by atoms with Crippen LogP contribution in [0, 0.1) is 0 Å². The third-order valence-corrected chi connectivity index (χ3v) is 2.88. The first-order valence-electron chi connectivity index (χ1n) is 5.57. The fourth-order valence-corrected chi connectivity index (χ4v) is 2.03. The van der Waals surface area contributed by atoms with Crippen molar-refractivity contribution in [3.05, 3.63) is 41.0 Å². The van der Waals surface area contributed by atoms with E-state index >= 15 is 0 Å². The molecule has 0 fully saturated rings. The van der Waals surface area contributed by atoms with Gasteiger partial charge < -0.3 is 5.11 Å². The van der Waals surface area contributed by atoms with Gasteiger partial charge in [0.15, 0.2) is 0 Å². The smallest absolute Gasteiger partial charge is 0.336 e. The molecule has 0 bridgehead atoms. The SMILES string of the molecule is CC(C)n1nccc1-c1cc(Cl)ccc1C(=O)O. The molecule has 0 radical (unpaired) electrons. The fourth-order valence-electron chi connectivity index (χ4n) is 1.85.